The molecule has 0 aliphatic carbocycles. The molecule has 0 bridgehead atoms. The fraction of sp³-hybridized carbons (Fsp3) is 0.261. The number of methoxy groups -OCH3 is 1. The smallest absolute Gasteiger partial charge is 0.261 e. The van der Waals surface area contributed by atoms with Gasteiger partial charge in [0.2, 0.25) is 0 Å². The minimum Gasteiger partial charge on any atom is -0.496 e. The predicted molar refractivity (Wildman–Crippen MR) is 132 cm³/mol. The summed E-state index contributed by atoms with van der Waals surface area (Å²) < 4.78 is 38.6. The Labute approximate surface area is 203 Å². The summed E-state index contributed by atoms with van der Waals surface area (Å²) in [6, 6.07) is 12.5. The van der Waals surface area contributed by atoms with Crippen LogP contribution in [0.25, 0.3) is 0 Å². The van der Waals surface area contributed by atoms with Crippen molar-refractivity contribution < 1.29 is 22.7 Å². The number of aryl methyl sites for hydroxylation is 1. The zero-order valence-corrected chi connectivity index (χ0v) is 20.1. The monoisotopic (exact) mass is 498 g/mol. The molecule has 184 valence electrons. The van der Waals surface area contributed by atoms with Crippen molar-refractivity contribution in [1.82, 2.24) is 9.97 Å². The van der Waals surface area contributed by atoms with E-state index in [0.29, 0.717) is 30.5 Å². The lowest BCUT2D eigenvalue weighted by molar-refractivity contribution is 0.0997. The molecule has 2 aromatic carbocycles. The van der Waals surface area contributed by atoms with Crippen LogP contribution in [0, 0.1) is 6.92 Å². The fourth-order valence-corrected chi connectivity index (χ4v) is 4.69. The molecule has 3 aromatic rings. The van der Waals surface area contributed by atoms with E-state index >= 15 is 0 Å². The maximum absolute atomic E-state index is 12.8. The zero-order chi connectivity index (χ0) is 25.0. The third-order valence-electron chi connectivity index (χ3n) is 5.32. The molecule has 0 radical (unpaired) electrons. The van der Waals surface area contributed by atoms with E-state index in [2.05, 4.69) is 24.9 Å². The molecule has 1 aliphatic heterocycles. The first-order valence-electron chi connectivity index (χ1n) is 10.8. The third-order valence-corrected chi connectivity index (χ3v) is 6.69. The average molecular weight is 499 g/mol. The number of hydrogen-bond acceptors (Lipinski definition) is 9. The van der Waals surface area contributed by atoms with Gasteiger partial charge in [-0.2, -0.15) is 0 Å². The van der Waals surface area contributed by atoms with Crippen LogP contribution in [-0.2, 0) is 14.8 Å². The van der Waals surface area contributed by atoms with Crippen molar-refractivity contribution in [3.63, 3.8) is 0 Å². The summed E-state index contributed by atoms with van der Waals surface area (Å²) in [6.45, 7) is 4.67. The molecule has 1 fully saturated rings. The number of sulfonamides is 1. The Balaban J connectivity index is 1.48. The van der Waals surface area contributed by atoms with E-state index in [4.69, 9.17) is 15.2 Å². The number of aromatic nitrogens is 2. The van der Waals surface area contributed by atoms with E-state index < -0.39 is 15.9 Å². The summed E-state index contributed by atoms with van der Waals surface area (Å²) in [6.07, 6.45) is 0. The molecule has 1 aliphatic rings. The first-order chi connectivity index (χ1) is 16.7. The van der Waals surface area contributed by atoms with Gasteiger partial charge in [0.15, 0.2) is 0 Å². The van der Waals surface area contributed by atoms with Gasteiger partial charge in [-0.25, -0.2) is 18.4 Å². The van der Waals surface area contributed by atoms with Gasteiger partial charge in [-0.15, -0.1) is 0 Å². The van der Waals surface area contributed by atoms with Gasteiger partial charge in [0, 0.05) is 30.5 Å². The summed E-state index contributed by atoms with van der Waals surface area (Å²) >= 11 is 0. The molecule has 0 spiro atoms. The van der Waals surface area contributed by atoms with Crippen molar-refractivity contribution in [2.75, 3.05) is 48.4 Å². The summed E-state index contributed by atoms with van der Waals surface area (Å²) in [4.78, 5) is 22.6. The van der Waals surface area contributed by atoms with Gasteiger partial charge in [0.05, 0.1) is 30.8 Å². The molecule has 1 aromatic heterocycles. The van der Waals surface area contributed by atoms with Crippen molar-refractivity contribution in [3.8, 4) is 5.75 Å². The molecule has 0 unspecified atom stereocenters. The van der Waals surface area contributed by atoms with Gasteiger partial charge in [-0.3, -0.25) is 9.52 Å². The molecule has 11 nitrogen and oxygen atoms in total. The number of nitrogens with two attached hydrogens (primary N) is 1. The van der Waals surface area contributed by atoms with Crippen LogP contribution in [-0.4, -0.2) is 57.7 Å². The fourth-order valence-electron chi connectivity index (χ4n) is 3.60. The van der Waals surface area contributed by atoms with E-state index in [-0.39, 0.29) is 16.2 Å². The molecule has 0 saturated carbocycles. The van der Waals surface area contributed by atoms with E-state index in [9.17, 15) is 13.2 Å². The van der Waals surface area contributed by atoms with Crippen molar-refractivity contribution in [1.29, 1.82) is 0 Å². The van der Waals surface area contributed by atoms with Crippen LogP contribution in [0.4, 0.5) is 23.0 Å². The maximum Gasteiger partial charge on any atom is 0.261 e. The topological polar surface area (TPSA) is 149 Å². The first-order valence-corrected chi connectivity index (χ1v) is 12.3. The Morgan fingerprint density at radius 3 is 2.40 bits per heavy atom. The highest BCUT2D eigenvalue weighted by molar-refractivity contribution is 7.92. The number of anilines is 4. The highest BCUT2D eigenvalue weighted by atomic mass is 32.2. The lowest BCUT2D eigenvalue weighted by Gasteiger charge is -2.28. The predicted octanol–water partition coefficient (Wildman–Crippen LogP) is 2.27. The molecule has 1 saturated heterocycles. The van der Waals surface area contributed by atoms with Crippen LogP contribution >= 0.6 is 0 Å². The second kappa shape index (κ2) is 10.2. The molecule has 35 heavy (non-hydrogen) atoms. The van der Waals surface area contributed by atoms with Crippen molar-refractivity contribution >= 4 is 38.9 Å². The number of carbonyl (C=O) groups is 1. The molecule has 1 amide bonds. The number of primary amides is 1. The normalized spacial score (nSPS) is 13.8. The molecule has 4 N–H and O–H groups in total. The van der Waals surface area contributed by atoms with Crippen molar-refractivity contribution in [2.45, 2.75) is 11.8 Å². The lowest BCUT2D eigenvalue weighted by Crippen LogP contribution is -2.36. The molecule has 2 heterocycles. The summed E-state index contributed by atoms with van der Waals surface area (Å²) in [5, 5.41) is 3.23. The van der Waals surface area contributed by atoms with E-state index in [1.807, 2.05) is 13.0 Å². The number of amides is 1. The quantitative estimate of drug-likeness (QED) is 0.425. The number of benzene rings is 2. The van der Waals surface area contributed by atoms with Crippen LogP contribution in [0.15, 0.2) is 53.4 Å². The number of ether oxygens (including phenoxy) is 2. The van der Waals surface area contributed by atoms with Crippen LogP contribution in [0.1, 0.15) is 16.2 Å². The highest BCUT2D eigenvalue weighted by Crippen LogP contribution is 2.25. The number of carbonyl (C=O) groups excluding carboxylic acids is 1. The number of rotatable bonds is 8. The van der Waals surface area contributed by atoms with E-state index in [0.717, 1.165) is 24.6 Å². The summed E-state index contributed by atoms with van der Waals surface area (Å²) in [7, 11) is -2.59. The Hall–Kier alpha value is -3.90. The third kappa shape index (κ3) is 5.78. The Kier molecular flexibility index (Phi) is 7.03. The van der Waals surface area contributed by atoms with Crippen LogP contribution in [0.5, 0.6) is 5.75 Å². The molecular formula is C23H26N6O5S. The van der Waals surface area contributed by atoms with Gasteiger partial charge >= 0.3 is 0 Å². The average Bonchev–Trinajstić information content (AvgIpc) is 2.85. The van der Waals surface area contributed by atoms with E-state index in [1.165, 1.54) is 25.3 Å². The largest absolute Gasteiger partial charge is 0.496 e. The first kappa shape index (κ1) is 24.2. The van der Waals surface area contributed by atoms with Gasteiger partial charge in [0.1, 0.15) is 23.2 Å². The van der Waals surface area contributed by atoms with Crippen LogP contribution in [0.2, 0.25) is 0 Å². The van der Waals surface area contributed by atoms with Gasteiger partial charge in [0.25, 0.3) is 15.9 Å². The van der Waals surface area contributed by atoms with Crippen LogP contribution in [0.3, 0.4) is 0 Å². The second-order valence-corrected chi connectivity index (χ2v) is 9.47. The lowest BCUT2D eigenvalue weighted by atomic mass is 10.2. The van der Waals surface area contributed by atoms with Crippen molar-refractivity contribution in [2.24, 2.45) is 5.73 Å². The standard InChI is InChI=1S/C23H26N6O5S/c1-15-25-21(14-22(26-15)29-9-11-34-12-10-29)27-16-3-5-17(6-4-16)28-35(31,32)18-7-8-20(33-2)19(13-18)23(24)30/h3-8,13-14,28H,9-12H2,1-2H3,(H2,24,30)(H,25,26,27). The van der Waals surface area contributed by atoms with Gasteiger partial charge in [-0.1, -0.05) is 0 Å². The number of nitrogens with one attached hydrogen (secondary N) is 2. The SMILES string of the molecule is COc1ccc(S(=O)(=O)Nc2ccc(Nc3cc(N4CCOCC4)nc(C)n3)cc2)cc1C(N)=O. The number of hydrogen-bond donors (Lipinski definition) is 3. The summed E-state index contributed by atoms with van der Waals surface area (Å²) in [5.74, 6) is 1.50. The number of nitrogens with zero attached hydrogens (tertiary/aromatic N) is 3. The van der Waals surface area contributed by atoms with Crippen molar-refractivity contribution in [3.05, 3.63) is 59.9 Å². The minimum absolute atomic E-state index is 0.0217. The second-order valence-electron chi connectivity index (χ2n) is 7.79. The molecule has 0 atom stereocenters. The Morgan fingerprint density at radius 2 is 1.74 bits per heavy atom. The molecule has 4 rings (SSSR count). The zero-order valence-electron chi connectivity index (χ0n) is 19.3. The Bertz CT molecular complexity index is 1320. The molecular weight excluding hydrogens is 472 g/mol. The number of morpholine rings is 1. The Morgan fingerprint density at radius 1 is 1.06 bits per heavy atom. The van der Waals surface area contributed by atoms with Crippen LogP contribution < -0.4 is 25.4 Å². The van der Waals surface area contributed by atoms with E-state index in [1.54, 1.807) is 24.3 Å². The van der Waals surface area contributed by atoms with Gasteiger partial charge < -0.3 is 25.4 Å². The summed E-state index contributed by atoms with van der Waals surface area (Å²) in [5.41, 5.74) is 6.38. The molecule has 12 heteroatoms. The maximum atomic E-state index is 12.8. The minimum atomic E-state index is -3.96. The van der Waals surface area contributed by atoms with Gasteiger partial charge in [-0.05, 0) is 49.4 Å². The highest BCUT2D eigenvalue weighted by Gasteiger charge is 2.19.